The number of hydroxylamine groups is 1. The highest BCUT2D eigenvalue weighted by Crippen LogP contribution is 2.38. The van der Waals surface area contributed by atoms with Gasteiger partial charge in [-0.15, -0.1) is 6.58 Å². The molecular weight excluding hydrogens is 302 g/mol. The van der Waals surface area contributed by atoms with Gasteiger partial charge in [0, 0.05) is 11.6 Å². The zero-order chi connectivity index (χ0) is 17.0. The molecule has 0 aliphatic heterocycles. The van der Waals surface area contributed by atoms with E-state index >= 15 is 0 Å². The van der Waals surface area contributed by atoms with Crippen LogP contribution in [-0.4, -0.2) is 10.9 Å². The quantitative estimate of drug-likeness (QED) is 0.627. The van der Waals surface area contributed by atoms with Gasteiger partial charge in [-0.05, 0) is 17.5 Å². The van der Waals surface area contributed by atoms with Crippen LogP contribution in [0.1, 0.15) is 27.9 Å². The third kappa shape index (κ3) is 2.89. The van der Waals surface area contributed by atoms with E-state index in [-0.39, 0.29) is 11.5 Å². The number of hydrogen-bond donors (Lipinski definition) is 2. The van der Waals surface area contributed by atoms with Gasteiger partial charge < -0.3 is 5.11 Å². The van der Waals surface area contributed by atoms with Gasteiger partial charge in [-0.1, -0.05) is 60.7 Å². The van der Waals surface area contributed by atoms with E-state index in [9.17, 15) is 9.90 Å². The number of carbonyl (C=O) groups excluding carboxylic acids is 1. The lowest BCUT2D eigenvalue weighted by Crippen LogP contribution is -2.46. The summed E-state index contributed by atoms with van der Waals surface area (Å²) < 4.78 is 0. The van der Waals surface area contributed by atoms with Crippen LogP contribution in [0.3, 0.4) is 0 Å². The number of nitrogens with one attached hydrogen (secondary N) is 1. The Bertz CT molecular complexity index is 782. The molecule has 4 nitrogen and oxygen atoms in total. The molecule has 2 N–H and O–H groups in total. The summed E-state index contributed by atoms with van der Waals surface area (Å²) in [6, 6.07) is 16.9. The average molecular weight is 321 g/mol. The lowest BCUT2D eigenvalue weighted by molar-refractivity contribution is -0.0370. The molecule has 3 rings (SSSR count). The first kappa shape index (κ1) is 16.2. The van der Waals surface area contributed by atoms with E-state index in [2.05, 4.69) is 12.1 Å². The molecular formula is C20H19NO3. The summed E-state index contributed by atoms with van der Waals surface area (Å²) >= 11 is 0. The number of benzene rings is 2. The molecule has 0 amide bonds. The van der Waals surface area contributed by atoms with Crippen LogP contribution < -0.4 is 5.48 Å². The summed E-state index contributed by atoms with van der Waals surface area (Å²) in [6.45, 7) is 4.11. The van der Waals surface area contributed by atoms with E-state index in [0.29, 0.717) is 24.2 Å². The fourth-order valence-corrected chi connectivity index (χ4v) is 2.93. The topological polar surface area (TPSA) is 58.6 Å². The molecule has 0 bridgehead atoms. The number of carbonyl (C=O) groups is 1. The fraction of sp³-hybridized carbons (Fsp3) is 0.150. The third-order valence-electron chi connectivity index (χ3n) is 4.14. The first-order chi connectivity index (χ1) is 11.7. The normalized spacial score (nSPS) is 19.5. The van der Waals surface area contributed by atoms with Crippen molar-refractivity contribution < 1.29 is 14.7 Å². The number of aliphatic hydroxyl groups is 1. The monoisotopic (exact) mass is 321 g/mol. The predicted octanol–water partition coefficient (Wildman–Crippen LogP) is 3.82. The SMILES string of the molecule is C=CCC1(NOCc2ccccc2)C(O)=CC(=O)c2ccccc21. The minimum absolute atomic E-state index is 0.0702. The molecule has 2 aromatic carbocycles. The van der Waals surface area contributed by atoms with Crippen LogP contribution in [0.5, 0.6) is 0 Å². The highest BCUT2D eigenvalue weighted by atomic mass is 16.6. The Morgan fingerprint density at radius 1 is 1.12 bits per heavy atom. The molecule has 0 fully saturated rings. The molecule has 0 saturated heterocycles. The smallest absolute Gasteiger partial charge is 0.189 e. The summed E-state index contributed by atoms with van der Waals surface area (Å²) in [7, 11) is 0. The molecule has 4 heteroatoms. The minimum Gasteiger partial charge on any atom is -0.510 e. The number of fused-ring (bicyclic) bond motifs is 1. The molecule has 0 radical (unpaired) electrons. The van der Waals surface area contributed by atoms with Gasteiger partial charge in [0.15, 0.2) is 5.78 Å². The van der Waals surface area contributed by atoms with Crippen LogP contribution in [0.2, 0.25) is 0 Å². The maximum atomic E-state index is 12.2. The Balaban J connectivity index is 1.91. The van der Waals surface area contributed by atoms with E-state index in [4.69, 9.17) is 4.84 Å². The molecule has 1 aliphatic rings. The van der Waals surface area contributed by atoms with Crippen molar-refractivity contribution in [3.8, 4) is 0 Å². The van der Waals surface area contributed by atoms with E-state index in [1.165, 1.54) is 6.08 Å². The van der Waals surface area contributed by atoms with Crippen molar-refractivity contribution in [2.75, 3.05) is 0 Å². The Kier molecular flexibility index (Phi) is 4.60. The molecule has 122 valence electrons. The first-order valence-corrected chi connectivity index (χ1v) is 7.76. The Hall–Kier alpha value is -2.69. The van der Waals surface area contributed by atoms with Crippen LogP contribution in [0.4, 0.5) is 0 Å². The number of rotatable bonds is 6. The van der Waals surface area contributed by atoms with Gasteiger partial charge >= 0.3 is 0 Å². The van der Waals surface area contributed by atoms with Crippen molar-refractivity contribution in [2.24, 2.45) is 0 Å². The van der Waals surface area contributed by atoms with E-state index in [1.54, 1.807) is 18.2 Å². The fourth-order valence-electron chi connectivity index (χ4n) is 2.93. The lowest BCUT2D eigenvalue weighted by atomic mass is 9.77. The second kappa shape index (κ2) is 6.83. The first-order valence-electron chi connectivity index (χ1n) is 7.76. The van der Waals surface area contributed by atoms with E-state index in [0.717, 1.165) is 5.56 Å². The van der Waals surface area contributed by atoms with Gasteiger partial charge in [0.1, 0.15) is 11.3 Å². The summed E-state index contributed by atoms with van der Waals surface area (Å²) in [5, 5.41) is 10.5. The van der Waals surface area contributed by atoms with Crippen LogP contribution >= 0.6 is 0 Å². The second-order valence-corrected chi connectivity index (χ2v) is 5.71. The van der Waals surface area contributed by atoms with E-state index < -0.39 is 5.54 Å². The van der Waals surface area contributed by atoms with Crippen LogP contribution in [0, 0.1) is 0 Å². The molecule has 24 heavy (non-hydrogen) atoms. The van der Waals surface area contributed by atoms with Crippen molar-refractivity contribution in [1.82, 2.24) is 5.48 Å². The highest BCUT2D eigenvalue weighted by Gasteiger charge is 2.42. The number of hydrogen-bond acceptors (Lipinski definition) is 4. The summed E-state index contributed by atoms with van der Waals surface area (Å²) in [6.07, 6.45) is 3.31. The summed E-state index contributed by atoms with van der Waals surface area (Å²) in [5.41, 5.74) is 4.19. The average Bonchev–Trinajstić information content (AvgIpc) is 2.61. The molecule has 1 aliphatic carbocycles. The van der Waals surface area contributed by atoms with Crippen molar-refractivity contribution in [1.29, 1.82) is 0 Å². The van der Waals surface area contributed by atoms with Crippen molar-refractivity contribution in [3.05, 3.63) is 95.8 Å². The van der Waals surface area contributed by atoms with Crippen LogP contribution in [0.15, 0.2) is 79.1 Å². The maximum Gasteiger partial charge on any atom is 0.189 e. The number of aliphatic hydroxyl groups excluding tert-OH is 1. The third-order valence-corrected chi connectivity index (χ3v) is 4.14. The van der Waals surface area contributed by atoms with Crippen molar-refractivity contribution >= 4 is 5.78 Å². The molecule has 1 atom stereocenters. The molecule has 0 spiro atoms. The lowest BCUT2D eigenvalue weighted by Gasteiger charge is -2.36. The minimum atomic E-state index is -1.01. The zero-order valence-electron chi connectivity index (χ0n) is 13.2. The summed E-state index contributed by atoms with van der Waals surface area (Å²) in [5.74, 6) is -0.285. The van der Waals surface area contributed by atoms with Gasteiger partial charge in [-0.2, -0.15) is 5.48 Å². The number of allylic oxidation sites excluding steroid dienone is 1. The Morgan fingerprint density at radius 3 is 2.58 bits per heavy atom. The Morgan fingerprint density at radius 2 is 1.83 bits per heavy atom. The molecule has 0 saturated carbocycles. The van der Waals surface area contributed by atoms with Gasteiger partial charge in [0.2, 0.25) is 0 Å². The standard InChI is InChI=1S/C20H19NO3/c1-2-12-20(21-24-14-15-8-4-3-5-9-15)17-11-7-6-10-16(17)18(22)13-19(20)23/h2-11,13,21,23H,1,12,14H2. The molecule has 0 heterocycles. The van der Waals surface area contributed by atoms with Gasteiger partial charge in [0.25, 0.3) is 0 Å². The van der Waals surface area contributed by atoms with Gasteiger partial charge in [-0.3, -0.25) is 9.63 Å². The molecule has 2 aromatic rings. The number of ketones is 1. The van der Waals surface area contributed by atoms with Crippen LogP contribution in [-0.2, 0) is 17.0 Å². The zero-order valence-corrected chi connectivity index (χ0v) is 13.2. The molecule has 0 aromatic heterocycles. The highest BCUT2D eigenvalue weighted by molar-refractivity contribution is 6.07. The maximum absolute atomic E-state index is 12.2. The van der Waals surface area contributed by atoms with Crippen molar-refractivity contribution in [3.63, 3.8) is 0 Å². The van der Waals surface area contributed by atoms with E-state index in [1.807, 2.05) is 42.5 Å². The Labute approximate surface area is 141 Å². The second-order valence-electron chi connectivity index (χ2n) is 5.71. The van der Waals surface area contributed by atoms with Gasteiger partial charge in [0.05, 0.1) is 6.61 Å². The predicted molar refractivity (Wildman–Crippen MR) is 92.3 cm³/mol. The largest absolute Gasteiger partial charge is 0.510 e. The summed E-state index contributed by atoms with van der Waals surface area (Å²) in [4.78, 5) is 17.8. The molecule has 1 unspecified atom stereocenters. The van der Waals surface area contributed by atoms with Crippen LogP contribution in [0.25, 0.3) is 0 Å². The van der Waals surface area contributed by atoms with Crippen molar-refractivity contribution in [2.45, 2.75) is 18.6 Å². The van der Waals surface area contributed by atoms with Gasteiger partial charge in [-0.25, -0.2) is 0 Å².